The minimum absolute atomic E-state index is 0.634. The van der Waals surface area contributed by atoms with Crippen LogP contribution in [0.3, 0.4) is 0 Å². The molecule has 0 aliphatic carbocycles. The number of piperazine rings is 1. The highest BCUT2D eigenvalue weighted by Crippen LogP contribution is 2.15. The smallest absolute Gasteiger partial charge is 0.224 e. The maximum absolute atomic E-state index is 4.59. The predicted molar refractivity (Wildman–Crippen MR) is 79.7 cm³/mol. The third-order valence-corrected chi connectivity index (χ3v) is 3.54. The lowest BCUT2D eigenvalue weighted by Gasteiger charge is -2.37. The van der Waals surface area contributed by atoms with Gasteiger partial charge in [-0.3, -0.25) is 4.90 Å². The summed E-state index contributed by atoms with van der Waals surface area (Å²) >= 11 is 0. The second-order valence-electron chi connectivity index (χ2n) is 5.28. The van der Waals surface area contributed by atoms with Crippen LogP contribution in [0.5, 0.6) is 0 Å². The molecule has 1 aromatic heterocycles. The molecule has 1 N–H and O–H groups in total. The lowest BCUT2D eigenvalue weighted by atomic mass is 10.2. The van der Waals surface area contributed by atoms with Crippen molar-refractivity contribution in [3.8, 4) is 0 Å². The van der Waals surface area contributed by atoms with Crippen molar-refractivity contribution in [2.24, 2.45) is 0 Å². The monoisotopic (exact) mass is 263 g/mol. The molecule has 19 heavy (non-hydrogen) atoms. The molecule has 106 valence electrons. The van der Waals surface area contributed by atoms with Gasteiger partial charge in [-0.2, -0.15) is 4.98 Å². The first-order chi connectivity index (χ1) is 9.20. The van der Waals surface area contributed by atoms with Gasteiger partial charge in [0, 0.05) is 45.0 Å². The molecule has 0 unspecified atom stereocenters. The minimum Gasteiger partial charge on any atom is -0.354 e. The van der Waals surface area contributed by atoms with Crippen molar-refractivity contribution in [1.29, 1.82) is 0 Å². The summed E-state index contributed by atoms with van der Waals surface area (Å²) in [4.78, 5) is 13.7. The summed E-state index contributed by atoms with van der Waals surface area (Å²) in [6.07, 6.45) is 2.93. The third kappa shape index (κ3) is 3.80. The van der Waals surface area contributed by atoms with Crippen LogP contribution in [0.1, 0.15) is 27.2 Å². The van der Waals surface area contributed by atoms with Crippen molar-refractivity contribution in [1.82, 2.24) is 14.9 Å². The number of nitrogens with zero attached hydrogens (tertiary/aromatic N) is 4. The lowest BCUT2D eigenvalue weighted by Crippen LogP contribution is -2.49. The molecule has 0 spiro atoms. The Bertz CT molecular complexity index is 385. The standard InChI is InChI=1S/C14H25N5/c1-4-6-15-14-16-7-5-13(17-14)19-10-8-18(9-11-19)12(2)3/h5,7,12H,4,6,8-11H2,1-3H3,(H,15,16,17). The van der Waals surface area contributed by atoms with Crippen LogP contribution >= 0.6 is 0 Å². The van der Waals surface area contributed by atoms with Crippen LogP contribution < -0.4 is 10.2 Å². The van der Waals surface area contributed by atoms with Gasteiger partial charge in [0.05, 0.1) is 0 Å². The third-order valence-electron chi connectivity index (χ3n) is 3.54. The molecule has 1 fully saturated rings. The first-order valence-corrected chi connectivity index (χ1v) is 7.26. The molecule has 1 saturated heterocycles. The van der Waals surface area contributed by atoms with E-state index in [9.17, 15) is 0 Å². The fourth-order valence-electron chi connectivity index (χ4n) is 2.31. The minimum atomic E-state index is 0.634. The average Bonchev–Trinajstić information content (AvgIpc) is 2.45. The van der Waals surface area contributed by atoms with E-state index in [2.05, 4.69) is 45.9 Å². The Kier molecular flexibility index (Phi) is 4.96. The predicted octanol–water partition coefficient (Wildman–Crippen LogP) is 1.83. The second-order valence-corrected chi connectivity index (χ2v) is 5.28. The molecule has 2 heterocycles. The molecule has 2 rings (SSSR count). The molecule has 0 aromatic carbocycles. The Hall–Kier alpha value is -1.36. The Morgan fingerprint density at radius 1 is 1.26 bits per heavy atom. The van der Waals surface area contributed by atoms with Crippen molar-refractivity contribution in [2.75, 3.05) is 42.9 Å². The highest BCUT2D eigenvalue weighted by Gasteiger charge is 2.19. The van der Waals surface area contributed by atoms with Gasteiger partial charge in [-0.15, -0.1) is 0 Å². The molecule has 1 aromatic rings. The molecule has 5 nitrogen and oxygen atoms in total. The van der Waals surface area contributed by atoms with E-state index in [0.29, 0.717) is 6.04 Å². The van der Waals surface area contributed by atoms with Crippen LogP contribution in [0.25, 0.3) is 0 Å². The zero-order chi connectivity index (χ0) is 13.7. The summed E-state index contributed by atoms with van der Waals surface area (Å²) in [7, 11) is 0. The van der Waals surface area contributed by atoms with E-state index in [1.54, 1.807) is 0 Å². The molecule has 0 bridgehead atoms. The van der Waals surface area contributed by atoms with E-state index in [4.69, 9.17) is 0 Å². The Labute approximate surface area is 116 Å². The normalized spacial score (nSPS) is 16.9. The fraction of sp³-hybridized carbons (Fsp3) is 0.714. The molecule has 0 saturated carbocycles. The maximum Gasteiger partial charge on any atom is 0.224 e. The largest absolute Gasteiger partial charge is 0.354 e. The summed E-state index contributed by atoms with van der Waals surface area (Å²) in [5.41, 5.74) is 0. The van der Waals surface area contributed by atoms with Crippen LogP contribution in [-0.2, 0) is 0 Å². The highest BCUT2D eigenvalue weighted by atomic mass is 15.3. The van der Waals surface area contributed by atoms with Crippen LogP contribution in [0, 0.1) is 0 Å². The molecular formula is C14H25N5. The summed E-state index contributed by atoms with van der Waals surface area (Å²) in [5.74, 6) is 1.78. The van der Waals surface area contributed by atoms with E-state index in [1.165, 1.54) is 0 Å². The van der Waals surface area contributed by atoms with Crippen LogP contribution in [-0.4, -0.2) is 53.6 Å². The van der Waals surface area contributed by atoms with Crippen LogP contribution in [0.15, 0.2) is 12.3 Å². The molecule has 1 aliphatic heterocycles. The van der Waals surface area contributed by atoms with Gasteiger partial charge < -0.3 is 10.2 Å². The Balaban J connectivity index is 1.95. The van der Waals surface area contributed by atoms with Gasteiger partial charge in [-0.25, -0.2) is 4.98 Å². The number of rotatable bonds is 5. The SMILES string of the molecule is CCCNc1nccc(N2CCN(C(C)C)CC2)n1. The Morgan fingerprint density at radius 3 is 2.63 bits per heavy atom. The molecular weight excluding hydrogens is 238 g/mol. The molecule has 0 radical (unpaired) electrons. The van der Waals surface area contributed by atoms with Gasteiger partial charge in [-0.05, 0) is 26.3 Å². The van der Waals surface area contributed by atoms with Crippen molar-refractivity contribution in [3.63, 3.8) is 0 Å². The van der Waals surface area contributed by atoms with Crippen molar-refractivity contribution >= 4 is 11.8 Å². The first-order valence-electron chi connectivity index (χ1n) is 7.26. The fourth-order valence-corrected chi connectivity index (χ4v) is 2.31. The summed E-state index contributed by atoms with van der Waals surface area (Å²) in [5, 5.41) is 3.24. The number of aromatic nitrogens is 2. The number of hydrogen-bond acceptors (Lipinski definition) is 5. The van der Waals surface area contributed by atoms with E-state index in [1.807, 2.05) is 12.3 Å². The van der Waals surface area contributed by atoms with E-state index >= 15 is 0 Å². The summed E-state index contributed by atoms with van der Waals surface area (Å²) in [6.45, 7) is 11.9. The van der Waals surface area contributed by atoms with Gasteiger partial charge in [0.15, 0.2) is 0 Å². The topological polar surface area (TPSA) is 44.3 Å². The van der Waals surface area contributed by atoms with Crippen molar-refractivity contribution < 1.29 is 0 Å². The second kappa shape index (κ2) is 6.70. The maximum atomic E-state index is 4.59. The van der Waals surface area contributed by atoms with Crippen LogP contribution in [0.4, 0.5) is 11.8 Å². The summed E-state index contributed by atoms with van der Waals surface area (Å²) in [6, 6.07) is 2.64. The highest BCUT2D eigenvalue weighted by molar-refractivity contribution is 5.42. The summed E-state index contributed by atoms with van der Waals surface area (Å²) < 4.78 is 0. The van der Waals surface area contributed by atoms with Gasteiger partial charge in [0.25, 0.3) is 0 Å². The molecule has 5 heteroatoms. The zero-order valence-corrected chi connectivity index (χ0v) is 12.3. The van der Waals surface area contributed by atoms with Crippen LogP contribution in [0.2, 0.25) is 0 Å². The Morgan fingerprint density at radius 2 is 2.00 bits per heavy atom. The quantitative estimate of drug-likeness (QED) is 0.878. The number of anilines is 2. The van der Waals surface area contributed by atoms with E-state index < -0.39 is 0 Å². The molecule has 0 atom stereocenters. The number of hydrogen-bond donors (Lipinski definition) is 1. The lowest BCUT2D eigenvalue weighted by molar-refractivity contribution is 0.209. The van der Waals surface area contributed by atoms with E-state index in [0.717, 1.165) is 50.9 Å². The van der Waals surface area contributed by atoms with E-state index in [-0.39, 0.29) is 0 Å². The van der Waals surface area contributed by atoms with Gasteiger partial charge >= 0.3 is 0 Å². The molecule has 1 aliphatic rings. The van der Waals surface area contributed by atoms with Crippen molar-refractivity contribution in [3.05, 3.63) is 12.3 Å². The van der Waals surface area contributed by atoms with Crippen molar-refractivity contribution in [2.45, 2.75) is 33.2 Å². The van der Waals surface area contributed by atoms with Gasteiger partial charge in [0.2, 0.25) is 5.95 Å². The van der Waals surface area contributed by atoms with Gasteiger partial charge in [0.1, 0.15) is 5.82 Å². The van der Waals surface area contributed by atoms with Gasteiger partial charge in [-0.1, -0.05) is 6.92 Å². The first kappa shape index (κ1) is 14.1. The zero-order valence-electron chi connectivity index (χ0n) is 12.3. The number of nitrogens with one attached hydrogen (secondary N) is 1. The molecule has 0 amide bonds. The average molecular weight is 263 g/mol.